The van der Waals surface area contributed by atoms with Crippen molar-refractivity contribution in [2.45, 2.75) is 32.2 Å². The van der Waals surface area contributed by atoms with Gasteiger partial charge in [0, 0.05) is 24.3 Å². The summed E-state index contributed by atoms with van der Waals surface area (Å²) in [4.78, 5) is 12.0. The van der Waals surface area contributed by atoms with Crippen molar-refractivity contribution >= 4 is 11.7 Å². The predicted molar refractivity (Wildman–Crippen MR) is 80.8 cm³/mol. The van der Waals surface area contributed by atoms with Crippen LogP contribution in [0.1, 0.15) is 31.7 Å². The molecule has 0 spiro atoms. The Balaban J connectivity index is 1.94. The van der Waals surface area contributed by atoms with E-state index in [2.05, 4.69) is 24.5 Å². The molecule has 0 heterocycles. The largest absolute Gasteiger partial charge is 0.396 e. The van der Waals surface area contributed by atoms with E-state index in [9.17, 15) is 4.79 Å². The minimum atomic E-state index is -0.202. The minimum Gasteiger partial charge on any atom is -0.396 e. The number of anilines is 1. The average Bonchev–Trinajstić information content (AvgIpc) is 2.86. The number of amides is 2. The number of aliphatic hydroxyl groups is 1. The number of carbonyl (C=O) groups excluding carboxylic acids is 1. The molecule has 2 atom stereocenters. The highest BCUT2D eigenvalue weighted by Gasteiger charge is 2.20. The number of aliphatic hydroxyl groups excluding tert-OH is 1. The Morgan fingerprint density at radius 2 is 2.10 bits per heavy atom. The molecule has 0 unspecified atom stereocenters. The zero-order chi connectivity index (χ0) is 14.5. The first-order valence-corrected chi connectivity index (χ1v) is 7.05. The van der Waals surface area contributed by atoms with Gasteiger partial charge >= 0.3 is 6.03 Å². The lowest BCUT2D eigenvalue weighted by Crippen LogP contribution is -2.36. The molecule has 1 aliphatic carbocycles. The quantitative estimate of drug-likeness (QED) is 0.739. The van der Waals surface area contributed by atoms with Crippen molar-refractivity contribution in [1.82, 2.24) is 5.32 Å². The van der Waals surface area contributed by atoms with Crippen LogP contribution in [0.15, 0.2) is 36.4 Å². The van der Waals surface area contributed by atoms with Crippen LogP contribution < -0.4 is 10.6 Å². The van der Waals surface area contributed by atoms with Crippen molar-refractivity contribution in [3.8, 4) is 0 Å². The molecule has 3 N–H and O–H groups in total. The second kappa shape index (κ2) is 6.57. The van der Waals surface area contributed by atoms with E-state index in [1.54, 1.807) is 0 Å². The molecule has 0 radical (unpaired) electrons. The molecule has 0 aliphatic heterocycles. The van der Waals surface area contributed by atoms with Crippen LogP contribution in [0.4, 0.5) is 10.5 Å². The molecular weight excluding hydrogens is 252 g/mol. The van der Waals surface area contributed by atoms with Gasteiger partial charge in [-0.15, -0.1) is 0 Å². The van der Waals surface area contributed by atoms with Crippen molar-refractivity contribution in [2.75, 3.05) is 11.9 Å². The third-order valence-electron chi connectivity index (χ3n) is 3.55. The van der Waals surface area contributed by atoms with E-state index < -0.39 is 0 Å². The lowest BCUT2D eigenvalue weighted by molar-refractivity contribution is 0.238. The molecule has 1 aromatic rings. The Labute approximate surface area is 119 Å². The first-order chi connectivity index (χ1) is 9.60. The normalized spacial score (nSPS) is 21.2. The average molecular weight is 274 g/mol. The molecule has 0 fully saturated rings. The molecule has 0 saturated carbocycles. The van der Waals surface area contributed by atoms with Gasteiger partial charge in [-0.3, -0.25) is 0 Å². The zero-order valence-electron chi connectivity index (χ0n) is 12.0. The van der Waals surface area contributed by atoms with E-state index in [-0.39, 0.29) is 24.6 Å². The van der Waals surface area contributed by atoms with Crippen molar-refractivity contribution in [3.05, 3.63) is 42.0 Å². The number of para-hydroxylation sites is 1. The van der Waals surface area contributed by atoms with E-state index >= 15 is 0 Å². The van der Waals surface area contributed by atoms with E-state index in [1.165, 1.54) is 0 Å². The summed E-state index contributed by atoms with van der Waals surface area (Å²) in [5.41, 5.74) is 1.97. The van der Waals surface area contributed by atoms with Gasteiger partial charge in [0.25, 0.3) is 0 Å². The fourth-order valence-corrected chi connectivity index (χ4v) is 2.46. The molecule has 4 heteroatoms. The van der Waals surface area contributed by atoms with Gasteiger partial charge in [0.2, 0.25) is 0 Å². The topological polar surface area (TPSA) is 61.4 Å². The second-order valence-corrected chi connectivity index (χ2v) is 5.51. The standard InChI is InChI=1S/C16H22N2O2/c1-11(2)14-5-3-4-6-15(14)18-16(20)17-13-8-7-12(9-13)10-19/h3-8,11-13,19H,9-10H2,1-2H3,(H2,17,18,20)/t12-,13+/m0/s1. The van der Waals surface area contributed by atoms with Gasteiger partial charge < -0.3 is 15.7 Å². The van der Waals surface area contributed by atoms with Crippen LogP contribution in [0.25, 0.3) is 0 Å². The molecule has 4 nitrogen and oxygen atoms in total. The van der Waals surface area contributed by atoms with Crippen LogP contribution in [0, 0.1) is 5.92 Å². The molecule has 0 saturated heterocycles. The fourth-order valence-electron chi connectivity index (χ4n) is 2.46. The van der Waals surface area contributed by atoms with E-state index in [0.717, 1.165) is 17.7 Å². The van der Waals surface area contributed by atoms with Crippen LogP contribution in [-0.2, 0) is 0 Å². The summed E-state index contributed by atoms with van der Waals surface area (Å²) < 4.78 is 0. The molecule has 1 aliphatic rings. The van der Waals surface area contributed by atoms with Crippen LogP contribution >= 0.6 is 0 Å². The maximum Gasteiger partial charge on any atom is 0.319 e. The summed E-state index contributed by atoms with van der Waals surface area (Å²) in [5.74, 6) is 0.514. The summed E-state index contributed by atoms with van der Waals surface area (Å²) >= 11 is 0. The summed E-state index contributed by atoms with van der Waals surface area (Å²) in [7, 11) is 0. The molecule has 108 valence electrons. The van der Waals surface area contributed by atoms with Crippen molar-refractivity contribution < 1.29 is 9.90 Å². The van der Waals surface area contributed by atoms with Crippen LogP contribution in [0.5, 0.6) is 0 Å². The third kappa shape index (κ3) is 3.61. The van der Waals surface area contributed by atoms with Crippen LogP contribution in [-0.4, -0.2) is 23.8 Å². The Kier molecular flexibility index (Phi) is 4.79. The number of nitrogens with one attached hydrogen (secondary N) is 2. The van der Waals surface area contributed by atoms with E-state index in [0.29, 0.717) is 5.92 Å². The Hall–Kier alpha value is -1.81. The summed E-state index contributed by atoms with van der Waals surface area (Å²) in [6.45, 7) is 4.33. The molecule has 0 bridgehead atoms. The number of urea groups is 1. The minimum absolute atomic E-state index is 0.00152. The first-order valence-electron chi connectivity index (χ1n) is 7.05. The molecule has 1 aromatic carbocycles. The van der Waals surface area contributed by atoms with Gasteiger partial charge in [0.05, 0.1) is 0 Å². The second-order valence-electron chi connectivity index (χ2n) is 5.51. The van der Waals surface area contributed by atoms with Gasteiger partial charge in [-0.05, 0) is 24.0 Å². The van der Waals surface area contributed by atoms with Crippen molar-refractivity contribution in [2.24, 2.45) is 5.92 Å². The Morgan fingerprint density at radius 1 is 1.35 bits per heavy atom. The smallest absolute Gasteiger partial charge is 0.319 e. The van der Waals surface area contributed by atoms with Gasteiger partial charge in [-0.1, -0.05) is 44.2 Å². The Morgan fingerprint density at radius 3 is 2.75 bits per heavy atom. The van der Waals surface area contributed by atoms with Gasteiger partial charge in [-0.25, -0.2) is 4.79 Å². The maximum atomic E-state index is 12.0. The lowest BCUT2D eigenvalue weighted by Gasteiger charge is -2.16. The predicted octanol–water partition coefficient (Wildman–Crippen LogP) is 2.87. The number of rotatable bonds is 4. The number of carbonyl (C=O) groups is 1. The van der Waals surface area contributed by atoms with Gasteiger partial charge in [0.1, 0.15) is 0 Å². The highest BCUT2D eigenvalue weighted by molar-refractivity contribution is 5.90. The van der Waals surface area contributed by atoms with E-state index in [1.807, 2.05) is 36.4 Å². The van der Waals surface area contributed by atoms with Gasteiger partial charge in [0.15, 0.2) is 0 Å². The molecule has 20 heavy (non-hydrogen) atoms. The highest BCUT2D eigenvalue weighted by Crippen LogP contribution is 2.23. The SMILES string of the molecule is CC(C)c1ccccc1NC(=O)N[C@@H]1C=C[C@H](CO)C1. The number of benzene rings is 1. The number of hydrogen-bond donors (Lipinski definition) is 3. The summed E-state index contributed by atoms with van der Waals surface area (Å²) in [6.07, 6.45) is 4.65. The highest BCUT2D eigenvalue weighted by atomic mass is 16.3. The third-order valence-corrected chi connectivity index (χ3v) is 3.55. The summed E-state index contributed by atoms with van der Waals surface area (Å²) in [6, 6.07) is 7.63. The van der Waals surface area contributed by atoms with E-state index in [4.69, 9.17) is 5.11 Å². The fraction of sp³-hybridized carbons (Fsp3) is 0.438. The lowest BCUT2D eigenvalue weighted by atomic mass is 10.0. The van der Waals surface area contributed by atoms with Crippen molar-refractivity contribution in [1.29, 1.82) is 0 Å². The first kappa shape index (κ1) is 14.6. The molecule has 2 amide bonds. The van der Waals surface area contributed by atoms with Crippen LogP contribution in [0.2, 0.25) is 0 Å². The zero-order valence-corrected chi connectivity index (χ0v) is 12.0. The Bertz CT molecular complexity index is 497. The molecule has 0 aromatic heterocycles. The summed E-state index contributed by atoms with van der Waals surface area (Å²) in [5, 5.41) is 14.9. The monoisotopic (exact) mass is 274 g/mol. The number of hydrogen-bond acceptors (Lipinski definition) is 2. The van der Waals surface area contributed by atoms with Crippen LogP contribution in [0.3, 0.4) is 0 Å². The molecular formula is C16H22N2O2. The molecule has 2 rings (SSSR count). The maximum absolute atomic E-state index is 12.0. The van der Waals surface area contributed by atoms with Gasteiger partial charge in [-0.2, -0.15) is 0 Å². The van der Waals surface area contributed by atoms with Crippen molar-refractivity contribution in [3.63, 3.8) is 0 Å².